The fourth-order valence-corrected chi connectivity index (χ4v) is 4.88. The fourth-order valence-electron chi connectivity index (χ4n) is 4.00. The van der Waals surface area contributed by atoms with Gasteiger partial charge in [0.05, 0.1) is 38.3 Å². The maximum atomic E-state index is 14.5. The molecule has 192 valence electrons. The highest BCUT2D eigenvalue weighted by molar-refractivity contribution is 7.92. The second kappa shape index (κ2) is 11.4. The number of hydrogen-bond donors (Lipinski definition) is 1. The molecule has 0 atom stereocenters. The van der Waals surface area contributed by atoms with Gasteiger partial charge < -0.3 is 14.8 Å². The molecule has 7 nitrogen and oxygen atoms in total. The summed E-state index contributed by atoms with van der Waals surface area (Å²) in [5.41, 5.74) is 2.85. The van der Waals surface area contributed by atoms with Gasteiger partial charge in [-0.3, -0.25) is 9.10 Å². The lowest BCUT2D eigenvalue weighted by Gasteiger charge is -2.26. The van der Waals surface area contributed by atoms with Crippen LogP contribution in [0.2, 0.25) is 0 Å². The summed E-state index contributed by atoms with van der Waals surface area (Å²) in [5.74, 6) is -0.592. The number of benzene rings is 3. The highest BCUT2D eigenvalue weighted by atomic mass is 32.2. The Kier molecular flexibility index (Phi) is 8.57. The Bertz CT molecular complexity index is 1340. The minimum absolute atomic E-state index is 0.0439. The molecule has 0 bridgehead atoms. The number of carbonyl (C=O) groups is 1. The van der Waals surface area contributed by atoms with Crippen LogP contribution in [-0.2, 0) is 29.4 Å². The van der Waals surface area contributed by atoms with E-state index in [0.717, 1.165) is 21.7 Å². The zero-order chi connectivity index (χ0) is 26.5. The zero-order valence-electron chi connectivity index (χ0n) is 21.1. The van der Waals surface area contributed by atoms with Crippen LogP contribution in [0.4, 0.5) is 15.8 Å². The zero-order valence-corrected chi connectivity index (χ0v) is 21.9. The maximum Gasteiger partial charge on any atom is 0.257 e. The van der Waals surface area contributed by atoms with E-state index < -0.39 is 21.7 Å². The van der Waals surface area contributed by atoms with E-state index in [9.17, 15) is 17.6 Å². The van der Waals surface area contributed by atoms with Gasteiger partial charge in [-0.05, 0) is 36.1 Å². The number of halogens is 1. The van der Waals surface area contributed by atoms with Crippen LogP contribution in [0.15, 0.2) is 54.6 Å². The third-order valence-corrected chi connectivity index (χ3v) is 7.05. The number of rotatable bonds is 10. The van der Waals surface area contributed by atoms with Gasteiger partial charge in [0, 0.05) is 17.3 Å². The normalized spacial score (nSPS) is 11.2. The van der Waals surface area contributed by atoms with E-state index in [1.54, 1.807) is 6.07 Å². The Morgan fingerprint density at radius 2 is 1.47 bits per heavy atom. The molecule has 0 unspecified atom stereocenters. The van der Waals surface area contributed by atoms with Crippen molar-refractivity contribution in [3.05, 3.63) is 82.7 Å². The Labute approximate surface area is 211 Å². The molecule has 0 aliphatic carbocycles. The van der Waals surface area contributed by atoms with E-state index in [2.05, 4.69) is 5.32 Å². The van der Waals surface area contributed by atoms with Crippen molar-refractivity contribution in [1.29, 1.82) is 0 Å². The molecule has 0 aromatic heterocycles. The van der Waals surface area contributed by atoms with Crippen molar-refractivity contribution in [2.75, 3.05) is 30.1 Å². The molecule has 1 amide bonds. The predicted molar refractivity (Wildman–Crippen MR) is 140 cm³/mol. The summed E-state index contributed by atoms with van der Waals surface area (Å²) in [6.07, 6.45) is 2.41. The summed E-state index contributed by atoms with van der Waals surface area (Å²) < 4.78 is 52.1. The molecule has 1 N–H and O–H groups in total. The SMILES string of the molecule is CCc1cccc(CC)c1NC(=O)c1cc(OC)c(OC)cc1N(Cc1ccccc1F)S(C)(=O)=O. The van der Waals surface area contributed by atoms with Gasteiger partial charge >= 0.3 is 0 Å². The van der Waals surface area contributed by atoms with Crippen molar-refractivity contribution in [2.24, 2.45) is 0 Å². The minimum atomic E-state index is -3.94. The first-order chi connectivity index (χ1) is 17.1. The first kappa shape index (κ1) is 27.0. The lowest BCUT2D eigenvalue weighted by Crippen LogP contribution is -2.32. The second-order valence-electron chi connectivity index (χ2n) is 8.20. The van der Waals surface area contributed by atoms with Gasteiger partial charge in [-0.15, -0.1) is 0 Å². The first-order valence-corrected chi connectivity index (χ1v) is 13.4. The molecule has 36 heavy (non-hydrogen) atoms. The van der Waals surface area contributed by atoms with E-state index >= 15 is 0 Å². The summed E-state index contributed by atoms with van der Waals surface area (Å²) in [6, 6.07) is 14.6. The molecule has 3 aromatic rings. The van der Waals surface area contributed by atoms with Crippen LogP contribution >= 0.6 is 0 Å². The Balaban J connectivity index is 2.20. The number of amides is 1. The van der Waals surface area contributed by atoms with Gasteiger partial charge in [0.25, 0.3) is 5.91 Å². The number of sulfonamides is 1. The monoisotopic (exact) mass is 514 g/mol. The quantitative estimate of drug-likeness (QED) is 0.403. The van der Waals surface area contributed by atoms with E-state index in [0.29, 0.717) is 18.5 Å². The third kappa shape index (κ3) is 5.79. The number of aryl methyl sites for hydroxylation is 2. The van der Waals surface area contributed by atoms with Gasteiger partial charge in [-0.1, -0.05) is 50.2 Å². The van der Waals surface area contributed by atoms with Crippen LogP contribution < -0.4 is 19.1 Å². The third-order valence-electron chi connectivity index (χ3n) is 5.92. The predicted octanol–water partition coefficient (Wildman–Crippen LogP) is 5.19. The van der Waals surface area contributed by atoms with Crippen molar-refractivity contribution < 1.29 is 27.1 Å². The number of methoxy groups -OCH3 is 2. The Morgan fingerprint density at radius 3 is 2.00 bits per heavy atom. The van der Waals surface area contributed by atoms with Crippen molar-refractivity contribution >= 4 is 27.3 Å². The van der Waals surface area contributed by atoms with E-state index in [1.807, 2.05) is 32.0 Å². The van der Waals surface area contributed by atoms with Crippen LogP contribution in [0.5, 0.6) is 11.5 Å². The molecule has 0 saturated heterocycles. The maximum absolute atomic E-state index is 14.5. The van der Waals surface area contributed by atoms with Crippen molar-refractivity contribution in [3.8, 4) is 11.5 Å². The van der Waals surface area contributed by atoms with Gasteiger partial charge in [0.2, 0.25) is 10.0 Å². The molecule has 0 saturated carbocycles. The molecule has 3 rings (SSSR count). The lowest BCUT2D eigenvalue weighted by molar-refractivity contribution is 0.102. The summed E-state index contributed by atoms with van der Waals surface area (Å²) in [4.78, 5) is 13.7. The van der Waals surface area contributed by atoms with Crippen molar-refractivity contribution in [2.45, 2.75) is 33.2 Å². The van der Waals surface area contributed by atoms with E-state index in [4.69, 9.17) is 9.47 Å². The molecule has 9 heteroatoms. The molecule has 0 spiro atoms. The Morgan fingerprint density at radius 1 is 0.917 bits per heavy atom. The molecular weight excluding hydrogens is 483 g/mol. The van der Waals surface area contributed by atoms with Crippen LogP contribution in [0.3, 0.4) is 0 Å². The van der Waals surface area contributed by atoms with Gasteiger partial charge in [0.1, 0.15) is 5.82 Å². The summed E-state index contributed by atoms with van der Waals surface area (Å²) in [7, 11) is -1.11. The second-order valence-corrected chi connectivity index (χ2v) is 10.1. The molecule has 0 heterocycles. The molecule has 0 aliphatic rings. The average molecular weight is 515 g/mol. The minimum Gasteiger partial charge on any atom is -0.493 e. The Hall–Kier alpha value is -3.59. The largest absolute Gasteiger partial charge is 0.493 e. The number of nitrogens with one attached hydrogen (secondary N) is 1. The lowest BCUT2D eigenvalue weighted by atomic mass is 10.0. The van der Waals surface area contributed by atoms with Crippen LogP contribution in [0.25, 0.3) is 0 Å². The average Bonchev–Trinajstić information content (AvgIpc) is 2.86. The highest BCUT2D eigenvalue weighted by Gasteiger charge is 2.28. The standard InChI is InChI=1S/C27H31FN2O5S/c1-6-18-12-10-13-19(7-2)26(18)29-27(31)21-15-24(34-3)25(35-4)16-23(21)30(36(5,32)33)17-20-11-8-9-14-22(20)28/h8-16H,6-7,17H2,1-5H3,(H,29,31). The molecule has 3 aromatic carbocycles. The van der Waals surface area contributed by atoms with Gasteiger partial charge in [-0.25, -0.2) is 12.8 Å². The number of ether oxygens (including phenoxy) is 2. The highest BCUT2D eigenvalue weighted by Crippen LogP contribution is 2.38. The van der Waals surface area contributed by atoms with Crippen LogP contribution in [0.1, 0.15) is 40.9 Å². The smallest absolute Gasteiger partial charge is 0.257 e. The molecule has 0 radical (unpaired) electrons. The molecular formula is C27H31FN2O5S. The van der Waals surface area contributed by atoms with E-state index in [1.165, 1.54) is 44.6 Å². The van der Waals surface area contributed by atoms with Crippen molar-refractivity contribution in [3.63, 3.8) is 0 Å². The van der Waals surface area contributed by atoms with Gasteiger partial charge in [-0.2, -0.15) is 0 Å². The van der Waals surface area contributed by atoms with Crippen molar-refractivity contribution in [1.82, 2.24) is 0 Å². The number of carbonyl (C=O) groups excluding carboxylic acids is 1. The van der Waals surface area contributed by atoms with Gasteiger partial charge in [0.15, 0.2) is 11.5 Å². The first-order valence-electron chi connectivity index (χ1n) is 11.5. The number of para-hydroxylation sites is 1. The summed E-state index contributed by atoms with van der Waals surface area (Å²) >= 11 is 0. The fraction of sp³-hybridized carbons (Fsp3) is 0.296. The van der Waals surface area contributed by atoms with E-state index in [-0.39, 0.29) is 34.9 Å². The number of hydrogen-bond acceptors (Lipinski definition) is 5. The topological polar surface area (TPSA) is 84.9 Å². The van der Waals surface area contributed by atoms with Crippen LogP contribution in [-0.4, -0.2) is 34.8 Å². The number of anilines is 2. The van der Waals surface area contributed by atoms with Crippen LogP contribution in [0, 0.1) is 5.82 Å². The summed E-state index contributed by atoms with van der Waals surface area (Å²) in [5, 5.41) is 2.98. The molecule has 0 aliphatic heterocycles. The summed E-state index contributed by atoms with van der Waals surface area (Å²) in [6.45, 7) is 3.67. The number of nitrogens with zero attached hydrogens (tertiary/aromatic N) is 1. The molecule has 0 fully saturated rings.